The summed E-state index contributed by atoms with van der Waals surface area (Å²) in [5.74, 6) is 0. The fourth-order valence-corrected chi connectivity index (χ4v) is 8.91. The molecule has 0 spiro atoms. The molecule has 234 valence electrons. The smallest absolute Gasteiger partial charge is 0.0541 e. The highest BCUT2D eigenvalue weighted by Crippen LogP contribution is 2.49. The molecule has 0 saturated heterocycles. The Morgan fingerprint density at radius 2 is 0.840 bits per heavy atom. The second-order valence-electron chi connectivity index (χ2n) is 13.9. The van der Waals surface area contributed by atoms with Crippen LogP contribution in [0.4, 0.5) is 0 Å². The van der Waals surface area contributed by atoms with Crippen LogP contribution in [0.3, 0.4) is 0 Å². The summed E-state index contributed by atoms with van der Waals surface area (Å²) in [7, 11) is 0. The van der Waals surface area contributed by atoms with Gasteiger partial charge < -0.3 is 9.13 Å². The molecule has 8 aromatic carbocycles. The van der Waals surface area contributed by atoms with Crippen LogP contribution in [-0.4, -0.2) is 9.13 Å². The second-order valence-corrected chi connectivity index (χ2v) is 13.9. The first-order chi connectivity index (χ1) is 24.6. The van der Waals surface area contributed by atoms with Crippen LogP contribution in [0.15, 0.2) is 158 Å². The Kier molecular flexibility index (Phi) is 5.55. The molecule has 0 atom stereocenters. The van der Waals surface area contributed by atoms with E-state index in [1.54, 1.807) is 0 Å². The Hall–Kier alpha value is -6.38. The van der Waals surface area contributed by atoms with Crippen molar-refractivity contribution < 1.29 is 0 Å². The van der Waals surface area contributed by atoms with Crippen LogP contribution in [0.5, 0.6) is 0 Å². The molecule has 0 amide bonds. The maximum Gasteiger partial charge on any atom is 0.0541 e. The van der Waals surface area contributed by atoms with E-state index >= 15 is 0 Å². The molecule has 0 saturated carbocycles. The van der Waals surface area contributed by atoms with E-state index in [1.165, 1.54) is 110 Å². The molecule has 0 aliphatic heterocycles. The predicted molar refractivity (Wildman–Crippen MR) is 212 cm³/mol. The first-order valence-corrected chi connectivity index (χ1v) is 17.4. The molecule has 1 aliphatic rings. The SMILES string of the molecule is Cc1cc(C)cc(-n2c3ccccc3c3cc(-c4ccc5c(c4)c4ccccc4n5-c4ccc5c6c(cccc46)-c4ccccc4-5)ccc32)c1. The highest BCUT2D eigenvalue weighted by atomic mass is 15.0. The fraction of sp³-hybridized carbons (Fsp3) is 0.0417. The lowest BCUT2D eigenvalue weighted by Crippen LogP contribution is -1.96. The van der Waals surface area contributed by atoms with Crippen molar-refractivity contribution in [1.82, 2.24) is 9.13 Å². The van der Waals surface area contributed by atoms with Crippen molar-refractivity contribution in [2.24, 2.45) is 0 Å². The lowest BCUT2D eigenvalue weighted by Gasteiger charge is -2.13. The van der Waals surface area contributed by atoms with E-state index in [1.807, 2.05) is 0 Å². The molecule has 2 heteroatoms. The quantitative estimate of drug-likeness (QED) is 0.183. The van der Waals surface area contributed by atoms with Gasteiger partial charge in [-0.2, -0.15) is 0 Å². The van der Waals surface area contributed by atoms with Gasteiger partial charge >= 0.3 is 0 Å². The zero-order valence-electron chi connectivity index (χ0n) is 27.9. The molecular formula is C48H32N2. The van der Waals surface area contributed by atoms with Crippen LogP contribution < -0.4 is 0 Å². The normalized spacial score (nSPS) is 12.2. The van der Waals surface area contributed by atoms with Crippen LogP contribution in [0, 0.1) is 13.8 Å². The van der Waals surface area contributed by atoms with Gasteiger partial charge in [-0.3, -0.25) is 0 Å². The molecule has 2 aromatic heterocycles. The molecule has 2 nitrogen and oxygen atoms in total. The molecule has 0 N–H and O–H groups in total. The summed E-state index contributed by atoms with van der Waals surface area (Å²) in [5.41, 5.74) is 17.6. The van der Waals surface area contributed by atoms with E-state index in [4.69, 9.17) is 0 Å². The molecule has 11 rings (SSSR count). The monoisotopic (exact) mass is 636 g/mol. The minimum Gasteiger partial charge on any atom is -0.309 e. The van der Waals surface area contributed by atoms with Gasteiger partial charge in [-0.15, -0.1) is 0 Å². The molecular weight excluding hydrogens is 605 g/mol. The minimum absolute atomic E-state index is 1.21. The van der Waals surface area contributed by atoms with Crippen LogP contribution >= 0.6 is 0 Å². The number of fused-ring (bicyclic) bond motifs is 9. The van der Waals surface area contributed by atoms with E-state index in [2.05, 4.69) is 181 Å². The van der Waals surface area contributed by atoms with Crippen LogP contribution in [0.1, 0.15) is 11.1 Å². The number of nitrogens with zero attached hydrogens (tertiary/aromatic N) is 2. The molecule has 0 bridgehead atoms. The Balaban J connectivity index is 1.12. The third kappa shape index (κ3) is 3.73. The molecule has 50 heavy (non-hydrogen) atoms. The third-order valence-corrected chi connectivity index (χ3v) is 10.9. The summed E-state index contributed by atoms with van der Waals surface area (Å²) >= 11 is 0. The maximum atomic E-state index is 2.47. The minimum atomic E-state index is 1.21. The molecule has 1 aliphatic carbocycles. The van der Waals surface area contributed by atoms with E-state index in [0.717, 1.165) is 0 Å². The fourth-order valence-electron chi connectivity index (χ4n) is 8.91. The Morgan fingerprint density at radius 1 is 0.340 bits per heavy atom. The number of hydrogen-bond acceptors (Lipinski definition) is 0. The first-order valence-electron chi connectivity index (χ1n) is 17.4. The highest BCUT2D eigenvalue weighted by molar-refractivity contribution is 6.19. The van der Waals surface area contributed by atoms with Gasteiger partial charge in [0.05, 0.1) is 27.8 Å². The molecule has 0 unspecified atom stereocenters. The third-order valence-electron chi connectivity index (χ3n) is 10.9. The molecule has 2 heterocycles. The summed E-state index contributed by atoms with van der Waals surface area (Å²) in [6.45, 7) is 4.36. The van der Waals surface area contributed by atoms with Crippen molar-refractivity contribution >= 4 is 54.4 Å². The van der Waals surface area contributed by atoms with E-state index in [-0.39, 0.29) is 0 Å². The van der Waals surface area contributed by atoms with Gasteiger partial charge in [-0.1, -0.05) is 103 Å². The van der Waals surface area contributed by atoms with Gasteiger partial charge in [0, 0.05) is 32.6 Å². The van der Waals surface area contributed by atoms with Crippen molar-refractivity contribution in [3.8, 4) is 44.8 Å². The maximum absolute atomic E-state index is 2.47. The van der Waals surface area contributed by atoms with E-state index < -0.39 is 0 Å². The Labute approximate surface area is 290 Å². The van der Waals surface area contributed by atoms with E-state index in [0.29, 0.717) is 0 Å². The number of benzene rings is 8. The second kappa shape index (κ2) is 10.1. The van der Waals surface area contributed by atoms with E-state index in [9.17, 15) is 0 Å². The van der Waals surface area contributed by atoms with Gasteiger partial charge in [0.1, 0.15) is 0 Å². The van der Waals surface area contributed by atoms with Gasteiger partial charge in [0.2, 0.25) is 0 Å². The number of aryl methyl sites for hydroxylation is 2. The first kappa shape index (κ1) is 27.6. The zero-order valence-corrected chi connectivity index (χ0v) is 27.9. The largest absolute Gasteiger partial charge is 0.309 e. The van der Waals surface area contributed by atoms with Crippen molar-refractivity contribution in [1.29, 1.82) is 0 Å². The average Bonchev–Trinajstić information content (AvgIpc) is 3.78. The molecule has 10 aromatic rings. The molecule has 0 fully saturated rings. The molecule has 0 radical (unpaired) electrons. The van der Waals surface area contributed by atoms with Gasteiger partial charge in [-0.05, 0) is 118 Å². The predicted octanol–water partition coefficient (Wildman–Crippen LogP) is 13.0. The number of aromatic nitrogens is 2. The van der Waals surface area contributed by atoms with Crippen molar-refractivity contribution in [2.45, 2.75) is 13.8 Å². The van der Waals surface area contributed by atoms with Gasteiger partial charge in [0.25, 0.3) is 0 Å². The van der Waals surface area contributed by atoms with Gasteiger partial charge in [-0.25, -0.2) is 0 Å². The van der Waals surface area contributed by atoms with Gasteiger partial charge in [0.15, 0.2) is 0 Å². The number of rotatable bonds is 3. The average molecular weight is 637 g/mol. The highest BCUT2D eigenvalue weighted by Gasteiger charge is 2.24. The summed E-state index contributed by atoms with van der Waals surface area (Å²) in [4.78, 5) is 0. The summed E-state index contributed by atoms with van der Waals surface area (Å²) in [6, 6.07) is 58.7. The van der Waals surface area contributed by atoms with Crippen LogP contribution in [-0.2, 0) is 0 Å². The van der Waals surface area contributed by atoms with Crippen molar-refractivity contribution in [3.63, 3.8) is 0 Å². The lowest BCUT2D eigenvalue weighted by atomic mass is 10.0. The topological polar surface area (TPSA) is 9.86 Å². The number of para-hydroxylation sites is 2. The van der Waals surface area contributed by atoms with Crippen molar-refractivity contribution in [2.75, 3.05) is 0 Å². The van der Waals surface area contributed by atoms with Crippen LogP contribution in [0.25, 0.3) is 99.1 Å². The summed E-state index contributed by atoms with van der Waals surface area (Å²) in [6.07, 6.45) is 0. The zero-order chi connectivity index (χ0) is 33.1. The Morgan fingerprint density at radius 3 is 1.50 bits per heavy atom. The summed E-state index contributed by atoms with van der Waals surface area (Å²) < 4.78 is 4.89. The number of hydrogen-bond donors (Lipinski definition) is 0. The standard InChI is InChI=1S/C48H32N2/c1-29-24-30(2)26-33(25-29)49-43-16-7-5-12-36(43)41-27-31(18-21-46(41)49)32-19-22-47-42(28-32)37-13-6-8-17-44(37)50(47)45-23-20-39-35-11-4-3-10-34(35)38-14-9-15-40(45)48(38)39/h3-28H,1-2H3. The summed E-state index contributed by atoms with van der Waals surface area (Å²) in [5, 5.41) is 7.71. The van der Waals surface area contributed by atoms with Crippen molar-refractivity contribution in [3.05, 3.63) is 169 Å². The lowest BCUT2D eigenvalue weighted by molar-refractivity contribution is 1.16. The Bertz CT molecular complexity index is 3010. The van der Waals surface area contributed by atoms with Crippen LogP contribution in [0.2, 0.25) is 0 Å².